The number of aliphatic carboxylic acids is 1. The molecule has 3 rings (SSSR count). The highest BCUT2D eigenvalue weighted by atomic mass is 35.5. The SMILES string of the molecule is O=C(O)[C@H]1CS[C@@H](c2ccccc2)N1C(=O)c1ccc(Cl)cc1. The zero-order chi connectivity index (χ0) is 16.4. The number of halogens is 1. The monoisotopic (exact) mass is 347 g/mol. The average molecular weight is 348 g/mol. The van der Waals surface area contributed by atoms with Gasteiger partial charge in [-0.2, -0.15) is 0 Å². The number of benzene rings is 2. The van der Waals surface area contributed by atoms with Crippen molar-refractivity contribution in [2.24, 2.45) is 0 Å². The van der Waals surface area contributed by atoms with Crippen molar-refractivity contribution >= 4 is 35.2 Å². The maximum absolute atomic E-state index is 12.9. The maximum atomic E-state index is 12.9. The molecule has 1 N–H and O–H groups in total. The standard InChI is InChI=1S/C17H14ClNO3S/c18-13-8-6-11(7-9-13)15(20)19-14(17(21)22)10-23-16(19)12-4-2-1-3-5-12/h1-9,14,16H,10H2,(H,21,22)/t14-,16+/m1/s1. The van der Waals surface area contributed by atoms with E-state index in [2.05, 4.69) is 0 Å². The Kier molecular flexibility index (Phi) is 4.59. The number of thioether (sulfide) groups is 1. The minimum Gasteiger partial charge on any atom is -0.480 e. The van der Waals surface area contributed by atoms with Crippen molar-refractivity contribution in [1.82, 2.24) is 4.90 Å². The summed E-state index contributed by atoms with van der Waals surface area (Å²) >= 11 is 7.32. The number of carboxylic acid groups (broad SMARTS) is 1. The van der Waals surface area contributed by atoms with Gasteiger partial charge in [0.05, 0.1) is 0 Å². The Labute approximate surface area is 143 Å². The highest BCUT2D eigenvalue weighted by molar-refractivity contribution is 7.99. The van der Waals surface area contributed by atoms with Crippen LogP contribution in [0.15, 0.2) is 54.6 Å². The largest absolute Gasteiger partial charge is 0.480 e. The summed E-state index contributed by atoms with van der Waals surface area (Å²) in [6.45, 7) is 0. The van der Waals surface area contributed by atoms with Gasteiger partial charge in [-0.25, -0.2) is 4.79 Å². The number of amides is 1. The van der Waals surface area contributed by atoms with Gasteiger partial charge in [0.15, 0.2) is 0 Å². The number of rotatable bonds is 3. The summed E-state index contributed by atoms with van der Waals surface area (Å²) in [5.74, 6) is -0.917. The smallest absolute Gasteiger partial charge is 0.327 e. The molecule has 0 spiro atoms. The van der Waals surface area contributed by atoms with E-state index in [1.165, 1.54) is 16.7 Å². The van der Waals surface area contributed by atoms with Gasteiger partial charge in [-0.05, 0) is 29.8 Å². The first-order valence-corrected chi connectivity index (χ1v) is 8.48. The zero-order valence-electron chi connectivity index (χ0n) is 12.1. The summed E-state index contributed by atoms with van der Waals surface area (Å²) in [5.41, 5.74) is 1.35. The third-order valence-corrected chi connectivity index (χ3v) is 5.27. The van der Waals surface area contributed by atoms with Crippen LogP contribution in [0.5, 0.6) is 0 Å². The molecule has 2 aromatic carbocycles. The van der Waals surface area contributed by atoms with Crippen molar-refractivity contribution < 1.29 is 14.7 Å². The lowest BCUT2D eigenvalue weighted by Crippen LogP contribution is -2.42. The third-order valence-electron chi connectivity index (χ3n) is 3.70. The van der Waals surface area contributed by atoms with Crippen molar-refractivity contribution in [3.63, 3.8) is 0 Å². The third kappa shape index (κ3) is 3.21. The normalized spacial score (nSPS) is 20.5. The van der Waals surface area contributed by atoms with Crippen LogP contribution in [0.3, 0.4) is 0 Å². The Bertz CT molecular complexity index is 720. The lowest BCUT2D eigenvalue weighted by atomic mass is 10.1. The average Bonchev–Trinajstić information content (AvgIpc) is 3.01. The van der Waals surface area contributed by atoms with Crippen molar-refractivity contribution in [2.75, 3.05) is 5.75 Å². The summed E-state index contributed by atoms with van der Waals surface area (Å²) in [6, 6.07) is 15.1. The summed E-state index contributed by atoms with van der Waals surface area (Å²) in [5, 5.41) is 9.69. The van der Waals surface area contributed by atoms with E-state index in [0.29, 0.717) is 16.3 Å². The fourth-order valence-corrected chi connectivity index (χ4v) is 4.11. The first-order valence-electron chi connectivity index (χ1n) is 7.05. The molecule has 0 bridgehead atoms. The molecule has 0 aliphatic carbocycles. The fourth-order valence-electron chi connectivity index (χ4n) is 2.56. The molecule has 2 aromatic rings. The second-order valence-electron chi connectivity index (χ2n) is 5.17. The lowest BCUT2D eigenvalue weighted by molar-refractivity contribution is -0.141. The Hall–Kier alpha value is -1.98. The molecule has 0 aromatic heterocycles. The van der Waals surface area contributed by atoms with E-state index >= 15 is 0 Å². The van der Waals surface area contributed by atoms with Crippen LogP contribution in [0.1, 0.15) is 21.3 Å². The second-order valence-corrected chi connectivity index (χ2v) is 6.72. The molecule has 1 heterocycles. The molecule has 23 heavy (non-hydrogen) atoms. The van der Waals surface area contributed by atoms with E-state index in [4.69, 9.17) is 11.6 Å². The number of hydrogen-bond donors (Lipinski definition) is 1. The highest BCUT2D eigenvalue weighted by Crippen LogP contribution is 2.42. The van der Waals surface area contributed by atoms with Crippen LogP contribution in [0.25, 0.3) is 0 Å². The van der Waals surface area contributed by atoms with Gasteiger partial charge in [-0.15, -0.1) is 11.8 Å². The van der Waals surface area contributed by atoms with Gasteiger partial charge in [0, 0.05) is 16.3 Å². The molecule has 1 saturated heterocycles. The molecular weight excluding hydrogens is 334 g/mol. The van der Waals surface area contributed by atoms with E-state index < -0.39 is 12.0 Å². The molecule has 1 fully saturated rings. The predicted molar refractivity (Wildman–Crippen MR) is 90.7 cm³/mol. The van der Waals surface area contributed by atoms with E-state index in [9.17, 15) is 14.7 Å². The van der Waals surface area contributed by atoms with E-state index in [1.807, 2.05) is 30.3 Å². The van der Waals surface area contributed by atoms with Gasteiger partial charge in [0.2, 0.25) is 0 Å². The second kappa shape index (κ2) is 6.64. The topological polar surface area (TPSA) is 57.6 Å². The molecule has 0 radical (unpaired) electrons. The maximum Gasteiger partial charge on any atom is 0.327 e. The molecule has 118 valence electrons. The lowest BCUT2D eigenvalue weighted by Gasteiger charge is -2.27. The summed E-state index contributed by atoms with van der Waals surface area (Å²) in [4.78, 5) is 25.9. The fraction of sp³-hybridized carbons (Fsp3) is 0.176. The number of carbonyl (C=O) groups is 2. The van der Waals surface area contributed by atoms with Gasteiger partial charge < -0.3 is 10.0 Å². The highest BCUT2D eigenvalue weighted by Gasteiger charge is 2.42. The Morgan fingerprint density at radius 3 is 2.35 bits per heavy atom. The molecule has 1 aliphatic rings. The van der Waals surface area contributed by atoms with Gasteiger partial charge >= 0.3 is 5.97 Å². The van der Waals surface area contributed by atoms with Crippen LogP contribution in [-0.4, -0.2) is 33.7 Å². The number of carboxylic acids is 1. The molecule has 1 amide bonds. The molecule has 0 saturated carbocycles. The predicted octanol–water partition coefficient (Wildman–Crippen LogP) is 3.68. The molecule has 0 unspecified atom stereocenters. The molecule has 4 nitrogen and oxygen atoms in total. The van der Waals surface area contributed by atoms with Crippen molar-refractivity contribution in [3.8, 4) is 0 Å². The summed E-state index contributed by atoms with van der Waals surface area (Å²) in [7, 11) is 0. The van der Waals surface area contributed by atoms with E-state index in [-0.39, 0.29) is 11.3 Å². The van der Waals surface area contributed by atoms with E-state index in [0.717, 1.165) is 5.56 Å². The zero-order valence-corrected chi connectivity index (χ0v) is 13.6. The van der Waals surface area contributed by atoms with Gasteiger partial charge in [0.25, 0.3) is 5.91 Å². The molecule has 2 atom stereocenters. The van der Waals surface area contributed by atoms with Gasteiger partial charge in [-0.1, -0.05) is 41.9 Å². The van der Waals surface area contributed by atoms with Crippen LogP contribution >= 0.6 is 23.4 Å². The summed E-state index contributed by atoms with van der Waals surface area (Å²) in [6.07, 6.45) is 0. The van der Waals surface area contributed by atoms with Crippen LogP contribution in [-0.2, 0) is 4.79 Å². The first-order chi connectivity index (χ1) is 11.1. The Morgan fingerprint density at radius 1 is 1.09 bits per heavy atom. The molecular formula is C17H14ClNO3S. The Balaban J connectivity index is 1.97. The molecule has 1 aliphatic heterocycles. The Morgan fingerprint density at radius 2 is 1.74 bits per heavy atom. The van der Waals surface area contributed by atoms with Crippen LogP contribution in [0.4, 0.5) is 0 Å². The van der Waals surface area contributed by atoms with Crippen molar-refractivity contribution in [1.29, 1.82) is 0 Å². The van der Waals surface area contributed by atoms with Crippen LogP contribution in [0.2, 0.25) is 5.02 Å². The van der Waals surface area contributed by atoms with Gasteiger partial charge in [-0.3, -0.25) is 4.79 Å². The van der Waals surface area contributed by atoms with Crippen molar-refractivity contribution in [3.05, 3.63) is 70.7 Å². The van der Waals surface area contributed by atoms with Crippen LogP contribution in [0, 0.1) is 0 Å². The van der Waals surface area contributed by atoms with E-state index in [1.54, 1.807) is 24.3 Å². The number of nitrogens with zero attached hydrogens (tertiary/aromatic N) is 1. The minimum absolute atomic E-state index is 0.298. The van der Waals surface area contributed by atoms with Crippen molar-refractivity contribution in [2.45, 2.75) is 11.4 Å². The minimum atomic E-state index is -0.988. The summed E-state index contributed by atoms with van der Waals surface area (Å²) < 4.78 is 0. The number of hydrogen-bond acceptors (Lipinski definition) is 3. The van der Waals surface area contributed by atoms with Gasteiger partial charge in [0.1, 0.15) is 11.4 Å². The van der Waals surface area contributed by atoms with Crippen LogP contribution < -0.4 is 0 Å². The molecule has 6 heteroatoms. The quantitative estimate of drug-likeness (QED) is 0.920. The number of carbonyl (C=O) groups excluding carboxylic acids is 1. The first kappa shape index (κ1) is 15.9.